The van der Waals surface area contributed by atoms with Crippen molar-refractivity contribution in [1.82, 2.24) is 10.3 Å². The van der Waals surface area contributed by atoms with Gasteiger partial charge in [0.05, 0.1) is 0 Å². The summed E-state index contributed by atoms with van der Waals surface area (Å²) in [6, 6.07) is 2.62. The topological polar surface area (TPSA) is 42.0 Å². The van der Waals surface area contributed by atoms with Crippen molar-refractivity contribution >= 4 is 21.7 Å². The van der Waals surface area contributed by atoms with Gasteiger partial charge in [-0.1, -0.05) is 0 Å². The highest BCUT2D eigenvalue weighted by Crippen LogP contribution is 2.18. The van der Waals surface area contributed by atoms with Gasteiger partial charge in [0.25, 0.3) is 0 Å². The number of pyridine rings is 1. The van der Waals surface area contributed by atoms with E-state index in [0.717, 1.165) is 16.6 Å². The highest BCUT2D eigenvalue weighted by molar-refractivity contribution is 9.10. The van der Waals surface area contributed by atoms with Crippen molar-refractivity contribution in [1.29, 1.82) is 0 Å². The van der Waals surface area contributed by atoms with Crippen molar-refractivity contribution in [2.24, 2.45) is 0 Å². The first-order chi connectivity index (χ1) is 7.74. The number of nitrogens with zero attached hydrogens (tertiary/aromatic N) is 1. The predicted molar refractivity (Wildman–Crippen MR) is 66.3 cm³/mol. The second kappa shape index (κ2) is 5.55. The van der Waals surface area contributed by atoms with Gasteiger partial charge in [-0.3, -0.25) is 9.78 Å². The maximum atomic E-state index is 11.6. The van der Waals surface area contributed by atoms with E-state index in [1.807, 2.05) is 6.07 Å². The number of Topliss-reactive ketones (excluding diaryl/α,β-unsaturated/α-hetero) is 1. The Hall–Kier alpha value is -0.740. The summed E-state index contributed by atoms with van der Waals surface area (Å²) in [5, 5.41) is 3.34. The molecule has 0 unspecified atom stereocenters. The molecule has 4 heteroatoms. The monoisotopic (exact) mass is 282 g/mol. The van der Waals surface area contributed by atoms with E-state index in [-0.39, 0.29) is 5.78 Å². The van der Waals surface area contributed by atoms with Gasteiger partial charge in [-0.05, 0) is 40.4 Å². The predicted octanol–water partition coefficient (Wildman–Crippen LogP) is 2.10. The van der Waals surface area contributed by atoms with Crippen LogP contribution in [0.5, 0.6) is 0 Å². The van der Waals surface area contributed by atoms with Crippen LogP contribution >= 0.6 is 15.9 Å². The number of hydrogen-bond donors (Lipinski definition) is 1. The van der Waals surface area contributed by atoms with E-state index in [1.54, 1.807) is 12.4 Å². The largest absolute Gasteiger partial charge is 0.314 e. The van der Waals surface area contributed by atoms with Crippen LogP contribution in [0, 0.1) is 0 Å². The Morgan fingerprint density at radius 1 is 1.50 bits per heavy atom. The van der Waals surface area contributed by atoms with Crippen molar-refractivity contribution < 1.29 is 4.79 Å². The summed E-state index contributed by atoms with van der Waals surface area (Å²) in [6.45, 7) is 0.810. The summed E-state index contributed by atoms with van der Waals surface area (Å²) < 4.78 is 0.925. The Morgan fingerprint density at radius 3 is 3.00 bits per heavy atom. The summed E-state index contributed by atoms with van der Waals surface area (Å²) in [6.07, 6.45) is 7.11. The van der Waals surface area contributed by atoms with Crippen molar-refractivity contribution in [3.63, 3.8) is 0 Å². The smallest absolute Gasteiger partial charge is 0.138 e. The highest BCUT2D eigenvalue weighted by atomic mass is 79.9. The minimum absolute atomic E-state index is 0.271. The zero-order chi connectivity index (χ0) is 11.4. The molecule has 86 valence electrons. The molecule has 1 fully saturated rings. The van der Waals surface area contributed by atoms with E-state index in [1.165, 1.54) is 12.8 Å². The number of ketones is 1. The van der Waals surface area contributed by atoms with Crippen LogP contribution in [-0.4, -0.2) is 23.4 Å². The molecule has 0 radical (unpaired) electrons. The van der Waals surface area contributed by atoms with Crippen molar-refractivity contribution in [3.05, 3.63) is 28.5 Å². The average molecular weight is 283 g/mol. The lowest BCUT2D eigenvalue weighted by atomic mass is 10.1. The van der Waals surface area contributed by atoms with Gasteiger partial charge in [-0.25, -0.2) is 0 Å². The molecule has 16 heavy (non-hydrogen) atoms. The molecule has 0 saturated heterocycles. The number of nitrogens with one attached hydrogen (secondary N) is 1. The first-order valence-corrected chi connectivity index (χ1v) is 6.38. The van der Waals surface area contributed by atoms with Crippen LogP contribution in [-0.2, 0) is 11.2 Å². The minimum atomic E-state index is 0.271. The molecule has 0 bridgehead atoms. The van der Waals surface area contributed by atoms with Crippen LogP contribution in [0.4, 0.5) is 0 Å². The summed E-state index contributed by atoms with van der Waals surface area (Å²) in [4.78, 5) is 15.7. The zero-order valence-corrected chi connectivity index (χ0v) is 10.7. The summed E-state index contributed by atoms with van der Waals surface area (Å²) in [5.41, 5.74) is 0.978. The van der Waals surface area contributed by atoms with Gasteiger partial charge in [-0.15, -0.1) is 0 Å². The lowest BCUT2D eigenvalue weighted by molar-refractivity contribution is -0.118. The fourth-order valence-electron chi connectivity index (χ4n) is 1.57. The lowest BCUT2D eigenvalue weighted by Gasteiger charge is -2.03. The third-order valence-corrected chi connectivity index (χ3v) is 3.01. The fourth-order valence-corrected chi connectivity index (χ4v) is 1.98. The molecule has 0 atom stereocenters. The molecule has 1 aromatic rings. The Labute approximate surface area is 104 Å². The van der Waals surface area contributed by atoms with Gasteiger partial charge < -0.3 is 5.32 Å². The van der Waals surface area contributed by atoms with Crippen LogP contribution in [0.25, 0.3) is 0 Å². The Morgan fingerprint density at radius 2 is 2.31 bits per heavy atom. The van der Waals surface area contributed by atoms with E-state index < -0.39 is 0 Å². The molecule has 0 amide bonds. The third kappa shape index (κ3) is 4.02. The molecule has 1 N–H and O–H groups in total. The second-order valence-corrected chi connectivity index (χ2v) is 5.12. The fraction of sp³-hybridized carbons (Fsp3) is 0.500. The molecule has 1 aromatic heterocycles. The van der Waals surface area contributed by atoms with Crippen LogP contribution in [0.1, 0.15) is 24.8 Å². The second-order valence-electron chi connectivity index (χ2n) is 4.21. The third-order valence-electron chi connectivity index (χ3n) is 2.58. The first-order valence-electron chi connectivity index (χ1n) is 5.58. The maximum Gasteiger partial charge on any atom is 0.138 e. The van der Waals surface area contributed by atoms with Gasteiger partial charge in [0.15, 0.2) is 0 Å². The van der Waals surface area contributed by atoms with Gasteiger partial charge in [-0.2, -0.15) is 0 Å². The van der Waals surface area contributed by atoms with E-state index in [2.05, 4.69) is 26.2 Å². The Kier molecular flexibility index (Phi) is 4.07. The molecular formula is C12H15BrN2O. The van der Waals surface area contributed by atoms with Crippen LogP contribution < -0.4 is 5.32 Å². The molecular weight excluding hydrogens is 268 g/mol. The normalized spacial score (nSPS) is 15.1. The molecule has 3 nitrogen and oxygen atoms in total. The van der Waals surface area contributed by atoms with Crippen LogP contribution in [0.15, 0.2) is 22.9 Å². The summed E-state index contributed by atoms with van der Waals surface area (Å²) in [7, 11) is 0. The van der Waals surface area contributed by atoms with Crippen molar-refractivity contribution in [3.8, 4) is 0 Å². The van der Waals surface area contributed by atoms with Gasteiger partial charge >= 0.3 is 0 Å². The first kappa shape index (κ1) is 11.7. The number of halogens is 1. The summed E-state index contributed by atoms with van der Waals surface area (Å²) >= 11 is 3.35. The van der Waals surface area contributed by atoms with Gasteiger partial charge in [0, 0.05) is 42.3 Å². The molecule has 0 aliphatic heterocycles. The number of hydrogen-bond acceptors (Lipinski definition) is 3. The average Bonchev–Trinajstić information content (AvgIpc) is 3.01. The number of rotatable bonds is 6. The standard InChI is InChI=1S/C12H15BrN2O/c13-10-5-9(7-14-8-10)6-12(16)3-4-15-11-1-2-11/h5,7-8,11,15H,1-4,6H2. The van der Waals surface area contributed by atoms with E-state index in [4.69, 9.17) is 0 Å². The Balaban J connectivity index is 1.73. The quantitative estimate of drug-likeness (QED) is 0.869. The van der Waals surface area contributed by atoms with E-state index in [0.29, 0.717) is 18.9 Å². The lowest BCUT2D eigenvalue weighted by Crippen LogP contribution is -2.20. The van der Waals surface area contributed by atoms with Gasteiger partial charge in [0.2, 0.25) is 0 Å². The Bertz CT molecular complexity index is 377. The van der Waals surface area contributed by atoms with E-state index >= 15 is 0 Å². The number of carbonyl (C=O) groups excluding carboxylic acids is 1. The number of aromatic nitrogens is 1. The van der Waals surface area contributed by atoms with E-state index in [9.17, 15) is 4.79 Å². The molecule has 1 heterocycles. The van der Waals surface area contributed by atoms with Gasteiger partial charge in [0.1, 0.15) is 5.78 Å². The maximum absolute atomic E-state index is 11.6. The van der Waals surface area contributed by atoms with Crippen LogP contribution in [0.2, 0.25) is 0 Å². The molecule has 2 rings (SSSR count). The minimum Gasteiger partial charge on any atom is -0.314 e. The summed E-state index contributed by atoms with van der Waals surface area (Å²) in [5.74, 6) is 0.271. The zero-order valence-electron chi connectivity index (χ0n) is 9.08. The molecule has 0 spiro atoms. The highest BCUT2D eigenvalue weighted by Gasteiger charge is 2.20. The molecule has 1 aliphatic rings. The SMILES string of the molecule is O=C(CCNC1CC1)Cc1cncc(Br)c1. The van der Waals surface area contributed by atoms with Crippen molar-refractivity contribution in [2.75, 3.05) is 6.54 Å². The van der Waals surface area contributed by atoms with Crippen LogP contribution in [0.3, 0.4) is 0 Å². The molecule has 1 saturated carbocycles. The number of carbonyl (C=O) groups is 1. The van der Waals surface area contributed by atoms with Crippen molar-refractivity contribution in [2.45, 2.75) is 31.7 Å². The molecule has 0 aromatic carbocycles. The molecule has 1 aliphatic carbocycles.